The van der Waals surface area contributed by atoms with Crippen molar-refractivity contribution in [1.82, 2.24) is 0 Å². The fourth-order valence-corrected chi connectivity index (χ4v) is 1.89. The lowest BCUT2D eigenvalue weighted by Crippen LogP contribution is -2.45. The minimum Gasteiger partial charge on any atom is -0.319 e. The normalized spacial score (nSPS) is 14.6. The van der Waals surface area contributed by atoms with Crippen LogP contribution < -0.4 is 5.73 Å². The first kappa shape index (κ1) is 13.7. The van der Waals surface area contributed by atoms with Crippen LogP contribution in [0.2, 0.25) is 0 Å². The third-order valence-electron chi connectivity index (χ3n) is 2.93. The van der Waals surface area contributed by atoms with Crippen LogP contribution in [0.5, 0.6) is 0 Å². The number of rotatable bonds is 2. The Bertz CT molecular complexity index is 586. The lowest BCUT2D eigenvalue weighted by Gasteiger charge is -2.26. The number of hydrogen-bond acceptors (Lipinski definition) is 1. The lowest BCUT2D eigenvalue weighted by molar-refractivity contribution is -0.290. The molecule has 1 nitrogen and oxygen atoms in total. The number of nitrogens with two attached hydrogens (primary N) is 1. The van der Waals surface area contributed by atoms with Gasteiger partial charge in [-0.05, 0) is 16.3 Å². The summed E-state index contributed by atoms with van der Waals surface area (Å²) in [6.07, 6.45) is -5.68. The quantitative estimate of drug-likeness (QED) is 0.822. The van der Waals surface area contributed by atoms with E-state index in [1.54, 1.807) is 24.3 Å². The van der Waals surface area contributed by atoms with Crippen molar-refractivity contribution in [2.75, 3.05) is 0 Å². The minimum atomic E-state index is -5.68. The first-order chi connectivity index (χ1) is 8.75. The van der Waals surface area contributed by atoms with Crippen molar-refractivity contribution >= 4 is 10.8 Å². The summed E-state index contributed by atoms with van der Waals surface area (Å²) in [4.78, 5) is 0. The smallest absolute Gasteiger partial charge is 0.319 e. The second kappa shape index (κ2) is 4.45. The number of fused-ring (bicyclic) bond motifs is 1. The topological polar surface area (TPSA) is 26.0 Å². The van der Waals surface area contributed by atoms with E-state index >= 15 is 0 Å². The molecule has 2 aromatic rings. The SMILES string of the molecule is N[C@H](c1cccc2ccccc12)C(F)(F)C(F)(F)F. The molecule has 2 rings (SSSR count). The van der Waals surface area contributed by atoms with Gasteiger partial charge in [0.1, 0.15) is 6.04 Å². The first-order valence-corrected chi connectivity index (χ1v) is 5.43. The van der Waals surface area contributed by atoms with Crippen molar-refractivity contribution in [3.8, 4) is 0 Å². The van der Waals surface area contributed by atoms with Gasteiger partial charge in [-0.25, -0.2) is 0 Å². The van der Waals surface area contributed by atoms with Gasteiger partial charge in [0, 0.05) is 0 Å². The molecule has 0 bridgehead atoms. The van der Waals surface area contributed by atoms with Gasteiger partial charge in [-0.2, -0.15) is 22.0 Å². The van der Waals surface area contributed by atoms with Gasteiger partial charge in [-0.1, -0.05) is 42.5 Å². The summed E-state index contributed by atoms with van der Waals surface area (Å²) in [6.45, 7) is 0. The number of alkyl halides is 5. The maximum atomic E-state index is 13.3. The second-order valence-corrected chi connectivity index (χ2v) is 4.17. The zero-order chi connectivity index (χ0) is 14.3. The molecular weight excluding hydrogens is 265 g/mol. The van der Waals surface area contributed by atoms with E-state index in [0.29, 0.717) is 10.8 Å². The number of benzene rings is 2. The fraction of sp³-hybridized carbons (Fsp3) is 0.231. The molecule has 2 aromatic carbocycles. The Morgan fingerprint density at radius 3 is 2.05 bits per heavy atom. The van der Waals surface area contributed by atoms with Gasteiger partial charge in [-0.15, -0.1) is 0 Å². The van der Waals surface area contributed by atoms with Crippen LogP contribution in [0.25, 0.3) is 10.8 Å². The van der Waals surface area contributed by atoms with E-state index < -0.39 is 18.1 Å². The molecule has 0 aliphatic rings. The van der Waals surface area contributed by atoms with Gasteiger partial charge in [-0.3, -0.25) is 0 Å². The maximum absolute atomic E-state index is 13.3. The van der Waals surface area contributed by atoms with Crippen molar-refractivity contribution in [2.24, 2.45) is 5.73 Å². The lowest BCUT2D eigenvalue weighted by atomic mass is 9.95. The molecular formula is C13H10F5N. The molecule has 0 saturated carbocycles. The molecule has 0 spiro atoms. The minimum absolute atomic E-state index is 0.222. The molecule has 102 valence electrons. The van der Waals surface area contributed by atoms with Crippen LogP contribution in [0, 0.1) is 0 Å². The van der Waals surface area contributed by atoms with E-state index in [9.17, 15) is 22.0 Å². The molecule has 0 fully saturated rings. The van der Waals surface area contributed by atoms with Crippen molar-refractivity contribution in [3.05, 3.63) is 48.0 Å². The zero-order valence-corrected chi connectivity index (χ0v) is 9.59. The molecule has 0 heterocycles. The van der Waals surface area contributed by atoms with Crippen LogP contribution in [-0.2, 0) is 0 Å². The summed E-state index contributed by atoms with van der Waals surface area (Å²) < 4.78 is 63.6. The standard InChI is InChI=1S/C13H10F5N/c14-12(15,13(16,17)18)11(19)10-7-3-5-8-4-1-2-6-9(8)10/h1-7,11H,19H2/t11-/m1/s1. The Morgan fingerprint density at radius 1 is 0.842 bits per heavy atom. The van der Waals surface area contributed by atoms with Crippen LogP contribution in [-0.4, -0.2) is 12.1 Å². The molecule has 0 aliphatic heterocycles. The Hall–Kier alpha value is -1.69. The molecule has 2 N–H and O–H groups in total. The van der Waals surface area contributed by atoms with Crippen molar-refractivity contribution < 1.29 is 22.0 Å². The van der Waals surface area contributed by atoms with Gasteiger partial charge in [0.15, 0.2) is 0 Å². The highest BCUT2D eigenvalue weighted by Gasteiger charge is 2.61. The first-order valence-electron chi connectivity index (χ1n) is 5.43. The summed E-state index contributed by atoms with van der Waals surface area (Å²) in [6, 6.07) is 8.10. The molecule has 0 unspecified atom stereocenters. The van der Waals surface area contributed by atoms with Crippen molar-refractivity contribution in [3.63, 3.8) is 0 Å². The summed E-state index contributed by atoms with van der Waals surface area (Å²) in [5, 5.41) is 0.856. The van der Waals surface area contributed by atoms with Crippen LogP contribution in [0.4, 0.5) is 22.0 Å². The summed E-state index contributed by atoms with van der Waals surface area (Å²) in [5.41, 5.74) is 4.93. The number of halogens is 5. The van der Waals surface area contributed by atoms with E-state index in [4.69, 9.17) is 5.73 Å². The molecule has 1 atom stereocenters. The van der Waals surface area contributed by atoms with E-state index in [1.165, 1.54) is 18.2 Å². The molecule has 0 saturated heterocycles. The van der Waals surface area contributed by atoms with Gasteiger partial charge < -0.3 is 5.73 Å². The van der Waals surface area contributed by atoms with Crippen LogP contribution in [0.1, 0.15) is 11.6 Å². The van der Waals surface area contributed by atoms with Crippen LogP contribution in [0.3, 0.4) is 0 Å². The maximum Gasteiger partial charge on any atom is 0.455 e. The molecule has 0 amide bonds. The summed E-state index contributed by atoms with van der Waals surface area (Å²) in [5.74, 6) is -4.98. The van der Waals surface area contributed by atoms with E-state index in [0.717, 1.165) is 0 Å². The highest BCUT2D eigenvalue weighted by molar-refractivity contribution is 5.86. The van der Waals surface area contributed by atoms with Crippen molar-refractivity contribution in [2.45, 2.75) is 18.1 Å². The largest absolute Gasteiger partial charge is 0.455 e. The van der Waals surface area contributed by atoms with Gasteiger partial charge in [0.2, 0.25) is 0 Å². The van der Waals surface area contributed by atoms with E-state index in [-0.39, 0.29) is 5.56 Å². The summed E-state index contributed by atoms with van der Waals surface area (Å²) >= 11 is 0. The second-order valence-electron chi connectivity index (χ2n) is 4.17. The van der Waals surface area contributed by atoms with Crippen molar-refractivity contribution in [1.29, 1.82) is 0 Å². The highest BCUT2D eigenvalue weighted by Crippen LogP contribution is 2.44. The average Bonchev–Trinajstić information content (AvgIpc) is 2.36. The van der Waals surface area contributed by atoms with Gasteiger partial charge in [0.05, 0.1) is 0 Å². The Labute approximate surface area is 105 Å². The molecule has 0 radical (unpaired) electrons. The van der Waals surface area contributed by atoms with Gasteiger partial charge in [0.25, 0.3) is 0 Å². The van der Waals surface area contributed by atoms with Gasteiger partial charge >= 0.3 is 12.1 Å². The monoisotopic (exact) mass is 275 g/mol. The third-order valence-corrected chi connectivity index (χ3v) is 2.93. The summed E-state index contributed by atoms with van der Waals surface area (Å²) in [7, 11) is 0. The molecule has 19 heavy (non-hydrogen) atoms. The zero-order valence-electron chi connectivity index (χ0n) is 9.59. The fourth-order valence-electron chi connectivity index (χ4n) is 1.89. The molecule has 6 heteroatoms. The number of hydrogen-bond donors (Lipinski definition) is 1. The average molecular weight is 275 g/mol. The Kier molecular flexibility index (Phi) is 3.22. The third kappa shape index (κ3) is 2.28. The van der Waals surface area contributed by atoms with E-state index in [2.05, 4.69) is 0 Å². The van der Waals surface area contributed by atoms with Crippen LogP contribution >= 0.6 is 0 Å². The van der Waals surface area contributed by atoms with E-state index in [1.807, 2.05) is 0 Å². The Balaban J connectivity index is 2.56. The predicted molar refractivity (Wildman–Crippen MR) is 61.9 cm³/mol. The Morgan fingerprint density at radius 2 is 1.42 bits per heavy atom. The predicted octanol–water partition coefficient (Wildman–Crippen LogP) is 4.04. The highest BCUT2D eigenvalue weighted by atomic mass is 19.4. The molecule has 0 aromatic heterocycles. The molecule has 0 aliphatic carbocycles. The van der Waals surface area contributed by atoms with Crippen LogP contribution in [0.15, 0.2) is 42.5 Å².